The predicted molar refractivity (Wildman–Crippen MR) is 43.0 cm³/mol. The molecule has 1 aromatic carbocycles. The van der Waals surface area contributed by atoms with Crippen molar-refractivity contribution in [1.29, 1.82) is 0 Å². The zero-order valence-electron chi connectivity index (χ0n) is 6.97. The largest absolute Gasteiger partial charge is 0.510 e. The van der Waals surface area contributed by atoms with Crippen molar-refractivity contribution in [2.24, 2.45) is 0 Å². The van der Waals surface area contributed by atoms with E-state index in [0.29, 0.717) is 6.07 Å². The molecule has 0 bridgehead atoms. The van der Waals surface area contributed by atoms with Gasteiger partial charge in [0.1, 0.15) is 17.7 Å². The first-order valence-electron chi connectivity index (χ1n) is 3.63. The van der Waals surface area contributed by atoms with E-state index in [1.165, 1.54) is 0 Å². The topological polar surface area (TPSA) is 40.5 Å². The number of rotatable bonds is 2. The van der Waals surface area contributed by atoms with Crippen LogP contribution in [0, 0.1) is 17.5 Å². The summed E-state index contributed by atoms with van der Waals surface area (Å²) in [7, 11) is 0. The second-order valence-corrected chi connectivity index (χ2v) is 2.68. The Morgan fingerprint density at radius 2 is 1.64 bits per heavy atom. The molecule has 0 heterocycles. The fourth-order valence-corrected chi connectivity index (χ4v) is 0.927. The summed E-state index contributed by atoms with van der Waals surface area (Å²) in [4.78, 5) is 0. The summed E-state index contributed by atoms with van der Waals surface area (Å²) >= 11 is 0. The van der Waals surface area contributed by atoms with Crippen molar-refractivity contribution in [3.63, 3.8) is 0 Å². The van der Waals surface area contributed by atoms with E-state index in [-0.39, 0.29) is 6.07 Å². The zero-order chi connectivity index (χ0) is 10.9. The van der Waals surface area contributed by atoms with Crippen LogP contribution in [0.15, 0.2) is 24.5 Å². The minimum Gasteiger partial charge on any atom is -0.510 e. The first-order chi connectivity index (χ1) is 6.43. The molecule has 1 unspecified atom stereocenters. The van der Waals surface area contributed by atoms with Crippen molar-refractivity contribution >= 4 is 0 Å². The summed E-state index contributed by atoms with van der Waals surface area (Å²) in [6, 6.07) is 0.758. The molecule has 2 nitrogen and oxygen atoms in total. The van der Waals surface area contributed by atoms with E-state index >= 15 is 0 Å². The number of hydrogen-bond acceptors (Lipinski definition) is 2. The third-order valence-electron chi connectivity index (χ3n) is 1.65. The van der Waals surface area contributed by atoms with E-state index < -0.39 is 34.9 Å². The lowest BCUT2D eigenvalue weighted by molar-refractivity contribution is 0.152. The molecule has 5 heteroatoms. The molecule has 0 aliphatic rings. The maximum atomic E-state index is 12.9. The predicted octanol–water partition coefficient (Wildman–Crippen LogP) is 2.21. The third kappa shape index (κ3) is 1.88. The Morgan fingerprint density at radius 3 is 2.14 bits per heavy atom. The minimum atomic E-state index is -1.76. The van der Waals surface area contributed by atoms with Crippen LogP contribution in [-0.4, -0.2) is 10.2 Å². The van der Waals surface area contributed by atoms with E-state index in [1.54, 1.807) is 0 Å². The van der Waals surface area contributed by atoms with Gasteiger partial charge in [0.2, 0.25) is 0 Å². The average Bonchev–Trinajstić information content (AvgIpc) is 2.10. The second-order valence-electron chi connectivity index (χ2n) is 2.68. The molecule has 1 atom stereocenters. The van der Waals surface area contributed by atoms with Crippen molar-refractivity contribution in [3.8, 4) is 0 Å². The highest BCUT2D eigenvalue weighted by molar-refractivity contribution is 5.25. The molecule has 0 saturated carbocycles. The van der Waals surface area contributed by atoms with E-state index in [4.69, 9.17) is 10.2 Å². The highest BCUT2D eigenvalue weighted by Crippen LogP contribution is 2.23. The van der Waals surface area contributed by atoms with Gasteiger partial charge in [0.15, 0.2) is 11.6 Å². The molecule has 0 saturated heterocycles. The Labute approximate surface area is 77.9 Å². The standard InChI is InChI=1S/C9H7F3O2/c1-4(13)9(14)5-2-7(11)8(12)3-6(5)10/h2-3,9,13-14H,1H2. The van der Waals surface area contributed by atoms with Crippen LogP contribution in [0.5, 0.6) is 0 Å². The molecule has 1 rings (SSSR count). The highest BCUT2D eigenvalue weighted by atomic mass is 19.2. The van der Waals surface area contributed by atoms with Crippen molar-refractivity contribution in [1.82, 2.24) is 0 Å². The van der Waals surface area contributed by atoms with E-state index in [2.05, 4.69) is 6.58 Å². The minimum absolute atomic E-state index is 0.289. The number of halogens is 3. The van der Waals surface area contributed by atoms with E-state index in [9.17, 15) is 13.2 Å². The van der Waals surface area contributed by atoms with E-state index in [1.807, 2.05) is 0 Å². The molecule has 1 aromatic rings. The number of benzene rings is 1. The Kier molecular flexibility index (Phi) is 2.81. The van der Waals surface area contributed by atoms with Gasteiger partial charge in [-0.1, -0.05) is 6.58 Å². The Hall–Kier alpha value is -1.49. The maximum Gasteiger partial charge on any atom is 0.161 e. The average molecular weight is 204 g/mol. The van der Waals surface area contributed by atoms with E-state index in [0.717, 1.165) is 0 Å². The Bertz CT molecular complexity index is 377. The van der Waals surface area contributed by atoms with Gasteiger partial charge < -0.3 is 10.2 Å². The fourth-order valence-electron chi connectivity index (χ4n) is 0.927. The van der Waals surface area contributed by atoms with Crippen molar-refractivity contribution in [2.45, 2.75) is 6.10 Å². The molecule has 0 aliphatic heterocycles. The number of aliphatic hydroxyl groups excluding tert-OH is 2. The number of hydrogen-bond donors (Lipinski definition) is 2. The quantitative estimate of drug-likeness (QED) is 0.572. The molecular formula is C9H7F3O2. The summed E-state index contributed by atoms with van der Waals surface area (Å²) in [5.41, 5.74) is -0.559. The first kappa shape index (κ1) is 10.6. The van der Waals surface area contributed by atoms with Gasteiger partial charge in [-0.15, -0.1) is 0 Å². The smallest absolute Gasteiger partial charge is 0.161 e. The van der Waals surface area contributed by atoms with Gasteiger partial charge in [-0.2, -0.15) is 0 Å². The van der Waals surface area contributed by atoms with Crippen LogP contribution in [0.25, 0.3) is 0 Å². The molecule has 0 aliphatic carbocycles. The van der Waals surface area contributed by atoms with Crippen molar-refractivity contribution in [3.05, 3.63) is 47.5 Å². The SMILES string of the molecule is C=C(O)C(O)c1cc(F)c(F)cc1F. The van der Waals surface area contributed by atoms with Gasteiger partial charge >= 0.3 is 0 Å². The monoisotopic (exact) mass is 204 g/mol. The summed E-state index contributed by atoms with van der Waals surface area (Å²) in [5, 5.41) is 17.8. The van der Waals surface area contributed by atoms with Crippen molar-refractivity contribution < 1.29 is 23.4 Å². The lowest BCUT2D eigenvalue weighted by atomic mass is 10.1. The van der Waals surface area contributed by atoms with Gasteiger partial charge in [0.25, 0.3) is 0 Å². The summed E-state index contributed by atoms with van der Waals surface area (Å²) in [6.07, 6.45) is -1.76. The first-order valence-corrected chi connectivity index (χ1v) is 3.63. The molecule has 2 N–H and O–H groups in total. The molecule has 0 fully saturated rings. The lowest BCUT2D eigenvalue weighted by Crippen LogP contribution is -2.04. The van der Waals surface area contributed by atoms with Crippen LogP contribution < -0.4 is 0 Å². The molecule has 76 valence electrons. The maximum absolute atomic E-state index is 12.9. The van der Waals surface area contributed by atoms with Crippen LogP contribution in [0.1, 0.15) is 11.7 Å². The molecule has 0 amide bonds. The molecular weight excluding hydrogens is 197 g/mol. The fraction of sp³-hybridized carbons (Fsp3) is 0.111. The summed E-state index contributed by atoms with van der Waals surface area (Å²) in [5.74, 6) is -4.55. The van der Waals surface area contributed by atoms with Gasteiger partial charge in [-0.05, 0) is 6.07 Å². The molecule has 14 heavy (non-hydrogen) atoms. The summed E-state index contributed by atoms with van der Waals surface area (Å²) < 4.78 is 38.0. The van der Waals surface area contributed by atoms with Crippen LogP contribution >= 0.6 is 0 Å². The summed E-state index contributed by atoms with van der Waals surface area (Å²) in [6.45, 7) is 2.95. The Balaban J connectivity index is 3.22. The van der Waals surface area contributed by atoms with Gasteiger partial charge in [-0.3, -0.25) is 0 Å². The third-order valence-corrected chi connectivity index (χ3v) is 1.65. The van der Waals surface area contributed by atoms with Crippen LogP contribution in [0.3, 0.4) is 0 Å². The lowest BCUT2D eigenvalue weighted by Gasteiger charge is -2.10. The second kappa shape index (κ2) is 3.71. The van der Waals surface area contributed by atoms with Crippen LogP contribution in [-0.2, 0) is 0 Å². The Morgan fingerprint density at radius 1 is 1.14 bits per heavy atom. The number of aliphatic hydroxyl groups is 2. The molecule has 0 radical (unpaired) electrons. The van der Waals surface area contributed by atoms with Gasteiger partial charge in [0.05, 0.1) is 0 Å². The highest BCUT2D eigenvalue weighted by Gasteiger charge is 2.18. The zero-order valence-corrected chi connectivity index (χ0v) is 6.97. The van der Waals surface area contributed by atoms with Crippen molar-refractivity contribution in [2.75, 3.05) is 0 Å². The normalized spacial score (nSPS) is 12.6. The van der Waals surface area contributed by atoms with Crippen LogP contribution in [0.2, 0.25) is 0 Å². The molecule has 0 spiro atoms. The van der Waals surface area contributed by atoms with Crippen LogP contribution in [0.4, 0.5) is 13.2 Å². The molecule has 0 aromatic heterocycles. The van der Waals surface area contributed by atoms with Gasteiger partial charge in [-0.25, -0.2) is 13.2 Å². The van der Waals surface area contributed by atoms with Gasteiger partial charge in [0, 0.05) is 11.6 Å².